The fourth-order valence-electron chi connectivity index (χ4n) is 1.84. The first-order valence-corrected chi connectivity index (χ1v) is 6.32. The summed E-state index contributed by atoms with van der Waals surface area (Å²) in [6.07, 6.45) is -3.21. The van der Waals surface area contributed by atoms with E-state index in [0.29, 0.717) is 5.56 Å². The van der Waals surface area contributed by atoms with Crippen LogP contribution in [0.1, 0.15) is 21.6 Å². The minimum absolute atomic E-state index is 0.174. The third kappa shape index (κ3) is 3.84. The van der Waals surface area contributed by atoms with Crippen LogP contribution in [0.15, 0.2) is 36.5 Å². The van der Waals surface area contributed by atoms with Gasteiger partial charge in [0.1, 0.15) is 0 Å². The van der Waals surface area contributed by atoms with Crippen LogP contribution in [0.5, 0.6) is 0 Å². The number of rotatable bonds is 4. The summed E-state index contributed by atoms with van der Waals surface area (Å²) in [6, 6.07) is 8.00. The van der Waals surface area contributed by atoms with E-state index in [0.717, 1.165) is 16.3 Å². The lowest BCUT2D eigenvalue weighted by Crippen LogP contribution is -2.28. The highest BCUT2D eigenvalue weighted by atomic mass is 19.4. The van der Waals surface area contributed by atoms with Crippen molar-refractivity contribution in [2.45, 2.75) is 19.6 Å². The van der Waals surface area contributed by atoms with E-state index in [1.54, 1.807) is 12.1 Å². The molecule has 1 aromatic heterocycles. The van der Waals surface area contributed by atoms with Gasteiger partial charge >= 0.3 is 6.18 Å². The molecule has 1 aromatic carbocycles. The lowest BCUT2D eigenvalue weighted by Gasteiger charge is -2.07. The van der Waals surface area contributed by atoms with E-state index in [4.69, 9.17) is 0 Å². The molecule has 0 radical (unpaired) electrons. The lowest BCUT2D eigenvalue weighted by atomic mass is 10.1. The van der Waals surface area contributed by atoms with E-state index in [1.165, 1.54) is 6.20 Å². The Bertz CT molecular complexity index is 634. The van der Waals surface area contributed by atoms with Gasteiger partial charge in [-0.1, -0.05) is 18.2 Å². The molecule has 1 amide bonds. The molecule has 0 spiro atoms. The van der Waals surface area contributed by atoms with Gasteiger partial charge in [0.05, 0.1) is 6.54 Å². The number of nitrogens with one attached hydrogen (secondary N) is 1. The van der Waals surface area contributed by atoms with Crippen LogP contribution in [-0.2, 0) is 12.7 Å². The van der Waals surface area contributed by atoms with Gasteiger partial charge < -0.3 is 5.32 Å². The number of carbonyl (C=O) groups is 1. The number of hydrogen-bond acceptors (Lipinski definition) is 2. The third-order valence-corrected chi connectivity index (χ3v) is 2.95. The predicted molar refractivity (Wildman–Crippen MR) is 70.7 cm³/mol. The summed E-state index contributed by atoms with van der Waals surface area (Å²) in [7, 11) is 0. The van der Waals surface area contributed by atoms with Crippen LogP contribution in [0.25, 0.3) is 0 Å². The number of benzene rings is 1. The van der Waals surface area contributed by atoms with Crippen LogP contribution >= 0.6 is 0 Å². The molecule has 0 saturated carbocycles. The average molecular weight is 297 g/mol. The SMILES string of the molecule is Cc1ccccc1C(=O)NCCn1ccc(C(F)(F)F)n1. The highest BCUT2D eigenvalue weighted by Crippen LogP contribution is 2.27. The molecular formula is C14H14F3N3O. The van der Waals surface area contributed by atoms with E-state index >= 15 is 0 Å². The smallest absolute Gasteiger partial charge is 0.350 e. The Kier molecular flexibility index (Phi) is 4.30. The lowest BCUT2D eigenvalue weighted by molar-refractivity contribution is -0.141. The van der Waals surface area contributed by atoms with Crippen molar-refractivity contribution in [3.8, 4) is 0 Å². The molecule has 0 fully saturated rings. The second kappa shape index (κ2) is 5.99. The molecule has 0 bridgehead atoms. The summed E-state index contributed by atoms with van der Waals surface area (Å²) < 4.78 is 38.3. The zero-order valence-electron chi connectivity index (χ0n) is 11.3. The minimum Gasteiger partial charge on any atom is -0.350 e. The van der Waals surface area contributed by atoms with Gasteiger partial charge in [-0.2, -0.15) is 18.3 Å². The van der Waals surface area contributed by atoms with Crippen molar-refractivity contribution in [1.29, 1.82) is 0 Å². The number of nitrogens with zero attached hydrogens (tertiary/aromatic N) is 2. The van der Waals surface area contributed by atoms with Crippen molar-refractivity contribution in [2.75, 3.05) is 6.54 Å². The molecule has 0 unspecified atom stereocenters. The molecule has 7 heteroatoms. The molecule has 1 heterocycles. The van der Waals surface area contributed by atoms with Gasteiger partial charge in [-0.05, 0) is 24.6 Å². The van der Waals surface area contributed by atoms with Gasteiger partial charge in [-0.15, -0.1) is 0 Å². The zero-order valence-corrected chi connectivity index (χ0v) is 11.3. The summed E-state index contributed by atoms with van der Waals surface area (Å²) in [5.74, 6) is -0.253. The molecule has 21 heavy (non-hydrogen) atoms. The van der Waals surface area contributed by atoms with Gasteiger partial charge in [0.2, 0.25) is 0 Å². The second-order valence-corrected chi connectivity index (χ2v) is 4.53. The maximum absolute atomic E-state index is 12.4. The molecule has 112 valence electrons. The van der Waals surface area contributed by atoms with E-state index in [-0.39, 0.29) is 19.0 Å². The Labute approximate surface area is 119 Å². The normalized spacial score (nSPS) is 11.4. The first kappa shape index (κ1) is 15.1. The van der Waals surface area contributed by atoms with Crippen molar-refractivity contribution in [2.24, 2.45) is 0 Å². The molecule has 4 nitrogen and oxygen atoms in total. The molecule has 2 rings (SSSR count). The predicted octanol–water partition coefficient (Wildman–Crippen LogP) is 2.64. The summed E-state index contributed by atoms with van der Waals surface area (Å²) in [4.78, 5) is 11.9. The van der Waals surface area contributed by atoms with Gasteiger partial charge in [-0.25, -0.2) is 0 Å². The molecule has 0 aliphatic carbocycles. The highest BCUT2D eigenvalue weighted by molar-refractivity contribution is 5.95. The number of aromatic nitrogens is 2. The number of hydrogen-bond donors (Lipinski definition) is 1. The van der Waals surface area contributed by atoms with Crippen LogP contribution in [0.3, 0.4) is 0 Å². The third-order valence-electron chi connectivity index (χ3n) is 2.95. The summed E-state index contributed by atoms with van der Waals surface area (Å²) in [6.45, 7) is 2.19. The van der Waals surface area contributed by atoms with E-state index in [9.17, 15) is 18.0 Å². The maximum Gasteiger partial charge on any atom is 0.435 e. The zero-order chi connectivity index (χ0) is 15.5. The monoisotopic (exact) mass is 297 g/mol. The summed E-state index contributed by atoms with van der Waals surface area (Å²) in [5.41, 5.74) is 0.454. The molecule has 0 atom stereocenters. The van der Waals surface area contributed by atoms with Crippen molar-refractivity contribution in [3.05, 3.63) is 53.3 Å². The topological polar surface area (TPSA) is 46.9 Å². The standard InChI is InChI=1S/C14H14F3N3O/c1-10-4-2-3-5-11(10)13(21)18-7-9-20-8-6-12(19-20)14(15,16)17/h2-6,8H,7,9H2,1H3,(H,18,21). The second-order valence-electron chi connectivity index (χ2n) is 4.53. The van der Waals surface area contributed by atoms with Gasteiger partial charge in [-0.3, -0.25) is 9.48 Å². The van der Waals surface area contributed by atoms with Crippen molar-refractivity contribution < 1.29 is 18.0 Å². The first-order chi connectivity index (χ1) is 9.88. The summed E-state index contributed by atoms with van der Waals surface area (Å²) in [5, 5.41) is 6.06. The van der Waals surface area contributed by atoms with Crippen molar-refractivity contribution in [1.82, 2.24) is 15.1 Å². The van der Waals surface area contributed by atoms with Crippen LogP contribution in [0.4, 0.5) is 13.2 Å². The number of amides is 1. The van der Waals surface area contributed by atoms with E-state index < -0.39 is 11.9 Å². The Hall–Kier alpha value is -2.31. The molecule has 0 aliphatic rings. The van der Waals surface area contributed by atoms with Crippen LogP contribution in [-0.4, -0.2) is 22.2 Å². The molecule has 1 N–H and O–H groups in total. The van der Waals surface area contributed by atoms with Gasteiger partial charge in [0, 0.05) is 18.3 Å². The Morgan fingerprint density at radius 2 is 2.00 bits per heavy atom. The highest BCUT2D eigenvalue weighted by Gasteiger charge is 2.33. The van der Waals surface area contributed by atoms with Crippen LogP contribution in [0.2, 0.25) is 0 Å². The minimum atomic E-state index is -4.45. The number of aryl methyl sites for hydroxylation is 1. The van der Waals surface area contributed by atoms with Crippen molar-refractivity contribution >= 4 is 5.91 Å². The van der Waals surface area contributed by atoms with E-state index in [1.807, 2.05) is 19.1 Å². The fraction of sp³-hybridized carbons (Fsp3) is 0.286. The summed E-state index contributed by atoms with van der Waals surface area (Å²) >= 11 is 0. The van der Waals surface area contributed by atoms with Crippen molar-refractivity contribution in [3.63, 3.8) is 0 Å². The number of alkyl halides is 3. The van der Waals surface area contributed by atoms with Gasteiger partial charge in [0.25, 0.3) is 5.91 Å². The molecule has 0 aliphatic heterocycles. The molecule has 2 aromatic rings. The fourth-order valence-corrected chi connectivity index (χ4v) is 1.84. The Morgan fingerprint density at radius 3 is 2.62 bits per heavy atom. The largest absolute Gasteiger partial charge is 0.435 e. The Balaban J connectivity index is 1.89. The van der Waals surface area contributed by atoms with Crippen LogP contribution < -0.4 is 5.32 Å². The van der Waals surface area contributed by atoms with E-state index in [2.05, 4.69) is 10.4 Å². The quantitative estimate of drug-likeness (QED) is 0.943. The maximum atomic E-state index is 12.4. The van der Waals surface area contributed by atoms with Gasteiger partial charge in [0.15, 0.2) is 5.69 Å². The average Bonchev–Trinajstić information content (AvgIpc) is 2.88. The molecular weight excluding hydrogens is 283 g/mol. The van der Waals surface area contributed by atoms with Crippen LogP contribution in [0, 0.1) is 6.92 Å². The number of halogens is 3. The molecule has 0 saturated heterocycles. The first-order valence-electron chi connectivity index (χ1n) is 6.32. The Morgan fingerprint density at radius 1 is 1.29 bits per heavy atom. The number of carbonyl (C=O) groups excluding carboxylic acids is 1.